The molecule has 4 rings (SSSR count). The Labute approximate surface area is 216 Å². The molecule has 196 valence electrons. The molecule has 0 atom stereocenters. The lowest BCUT2D eigenvalue weighted by Crippen LogP contribution is -2.40. The van der Waals surface area contributed by atoms with Gasteiger partial charge in [0.05, 0.1) is 23.0 Å². The SMILES string of the molecule is Cc1cc(C)nc(NS(=O)(=O)c2ccc(NC(=O)c3cc(S(=O)(=O)N4CCOCC4)ccc3C)cc2)n1. The van der Waals surface area contributed by atoms with Crippen LogP contribution in [0.15, 0.2) is 58.3 Å². The first kappa shape index (κ1) is 26.7. The van der Waals surface area contributed by atoms with Crippen molar-refractivity contribution < 1.29 is 26.4 Å². The number of anilines is 2. The van der Waals surface area contributed by atoms with E-state index in [2.05, 4.69) is 20.0 Å². The Kier molecular flexibility index (Phi) is 7.59. The molecule has 0 unspecified atom stereocenters. The van der Waals surface area contributed by atoms with E-state index in [0.29, 0.717) is 35.9 Å². The molecule has 37 heavy (non-hydrogen) atoms. The predicted octanol–water partition coefficient (Wildman–Crippen LogP) is 2.48. The molecule has 0 aliphatic carbocycles. The number of carbonyl (C=O) groups is 1. The second kappa shape index (κ2) is 10.5. The van der Waals surface area contributed by atoms with Crippen LogP contribution < -0.4 is 10.0 Å². The number of sulfonamides is 2. The van der Waals surface area contributed by atoms with Gasteiger partial charge in [0, 0.05) is 35.7 Å². The van der Waals surface area contributed by atoms with E-state index in [1.807, 2.05) is 0 Å². The molecule has 3 aromatic rings. The van der Waals surface area contributed by atoms with Crippen molar-refractivity contribution in [1.29, 1.82) is 0 Å². The van der Waals surface area contributed by atoms with Gasteiger partial charge in [0.15, 0.2) is 0 Å². The van der Waals surface area contributed by atoms with E-state index in [1.165, 1.54) is 40.7 Å². The summed E-state index contributed by atoms with van der Waals surface area (Å²) in [5.41, 5.74) is 2.38. The number of morpholine rings is 1. The van der Waals surface area contributed by atoms with E-state index in [9.17, 15) is 21.6 Å². The van der Waals surface area contributed by atoms with E-state index in [1.54, 1.807) is 32.9 Å². The highest BCUT2D eigenvalue weighted by Crippen LogP contribution is 2.22. The molecule has 1 amide bonds. The number of hydrogen-bond acceptors (Lipinski definition) is 8. The van der Waals surface area contributed by atoms with Gasteiger partial charge < -0.3 is 10.1 Å². The Bertz CT molecular complexity index is 1510. The number of aromatic nitrogens is 2. The Morgan fingerprint density at radius 2 is 1.46 bits per heavy atom. The zero-order valence-corrected chi connectivity index (χ0v) is 22.2. The number of hydrogen-bond donors (Lipinski definition) is 2. The summed E-state index contributed by atoms with van der Waals surface area (Å²) in [6.07, 6.45) is 0. The summed E-state index contributed by atoms with van der Waals surface area (Å²) in [7, 11) is -7.72. The van der Waals surface area contributed by atoms with Gasteiger partial charge in [0.2, 0.25) is 16.0 Å². The highest BCUT2D eigenvalue weighted by Gasteiger charge is 2.27. The van der Waals surface area contributed by atoms with Gasteiger partial charge in [0.25, 0.3) is 15.9 Å². The number of ether oxygens (including phenoxy) is 1. The van der Waals surface area contributed by atoms with E-state index in [4.69, 9.17) is 4.74 Å². The average molecular weight is 546 g/mol. The van der Waals surface area contributed by atoms with Crippen LogP contribution in [-0.4, -0.2) is 63.3 Å². The summed E-state index contributed by atoms with van der Waals surface area (Å²) < 4.78 is 60.4. The Morgan fingerprint density at radius 1 is 0.865 bits per heavy atom. The van der Waals surface area contributed by atoms with Gasteiger partial charge >= 0.3 is 0 Å². The van der Waals surface area contributed by atoms with Crippen LogP contribution in [0, 0.1) is 20.8 Å². The number of benzene rings is 2. The third kappa shape index (κ3) is 6.13. The van der Waals surface area contributed by atoms with Crippen LogP contribution in [0.2, 0.25) is 0 Å². The molecule has 1 fully saturated rings. The third-order valence-corrected chi connectivity index (χ3v) is 8.93. The molecular formula is C24H27N5O6S2. The molecule has 1 aliphatic rings. The first-order chi connectivity index (χ1) is 17.5. The molecular weight excluding hydrogens is 518 g/mol. The van der Waals surface area contributed by atoms with Crippen LogP contribution in [0.5, 0.6) is 0 Å². The smallest absolute Gasteiger partial charge is 0.264 e. The van der Waals surface area contributed by atoms with Gasteiger partial charge in [-0.05, 0) is 68.8 Å². The molecule has 11 nitrogen and oxygen atoms in total. The first-order valence-corrected chi connectivity index (χ1v) is 14.3. The van der Waals surface area contributed by atoms with E-state index in [0.717, 1.165) is 0 Å². The van der Waals surface area contributed by atoms with Crippen molar-refractivity contribution in [2.24, 2.45) is 0 Å². The van der Waals surface area contributed by atoms with Gasteiger partial charge in [-0.3, -0.25) is 4.79 Å². The minimum atomic E-state index is -3.95. The molecule has 0 bridgehead atoms. The maximum atomic E-state index is 13.0. The Hall–Kier alpha value is -3.39. The van der Waals surface area contributed by atoms with Crippen molar-refractivity contribution in [3.63, 3.8) is 0 Å². The minimum Gasteiger partial charge on any atom is -0.379 e. The first-order valence-electron chi connectivity index (χ1n) is 11.4. The van der Waals surface area contributed by atoms with Crippen molar-refractivity contribution >= 4 is 37.6 Å². The highest BCUT2D eigenvalue weighted by atomic mass is 32.2. The second-order valence-corrected chi connectivity index (χ2v) is 12.2. The van der Waals surface area contributed by atoms with Crippen LogP contribution in [0.3, 0.4) is 0 Å². The molecule has 1 saturated heterocycles. The van der Waals surface area contributed by atoms with Crippen molar-refractivity contribution in [2.45, 2.75) is 30.6 Å². The molecule has 0 radical (unpaired) electrons. The van der Waals surface area contributed by atoms with Crippen LogP contribution >= 0.6 is 0 Å². The Balaban J connectivity index is 1.50. The number of nitrogens with one attached hydrogen (secondary N) is 2. The molecule has 13 heteroatoms. The standard InChI is InChI=1S/C24H27N5O6S2/c1-16-4-7-21(37(33,34)29-10-12-35-13-11-29)15-22(16)23(30)27-19-5-8-20(9-6-19)36(31,32)28-24-25-17(2)14-18(3)26-24/h4-9,14-15H,10-13H2,1-3H3,(H,27,30)(H,25,26,28). The molecule has 2 heterocycles. The van der Waals surface area contributed by atoms with E-state index >= 15 is 0 Å². The van der Waals surface area contributed by atoms with Crippen molar-refractivity contribution in [3.8, 4) is 0 Å². The fraction of sp³-hybridized carbons (Fsp3) is 0.292. The van der Waals surface area contributed by atoms with Gasteiger partial charge in [0.1, 0.15) is 0 Å². The van der Waals surface area contributed by atoms with Crippen molar-refractivity contribution in [1.82, 2.24) is 14.3 Å². The number of rotatable bonds is 7. The molecule has 0 spiro atoms. The maximum Gasteiger partial charge on any atom is 0.264 e. The van der Waals surface area contributed by atoms with Gasteiger partial charge in [-0.15, -0.1) is 0 Å². The minimum absolute atomic E-state index is 0.0197. The second-order valence-electron chi connectivity index (χ2n) is 8.55. The molecule has 2 aromatic carbocycles. The average Bonchev–Trinajstić information content (AvgIpc) is 2.84. The molecule has 1 aromatic heterocycles. The number of nitrogens with zero attached hydrogens (tertiary/aromatic N) is 3. The number of amides is 1. The summed E-state index contributed by atoms with van der Waals surface area (Å²) in [5, 5.41) is 2.69. The van der Waals surface area contributed by atoms with E-state index in [-0.39, 0.29) is 34.4 Å². The maximum absolute atomic E-state index is 13.0. The predicted molar refractivity (Wildman–Crippen MR) is 137 cm³/mol. The molecule has 0 saturated carbocycles. The van der Waals surface area contributed by atoms with Gasteiger partial charge in [-0.25, -0.2) is 31.5 Å². The summed E-state index contributed by atoms with van der Waals surface area (Å²) in [5.74, 6) is -0.550. The summed E-state index contributed by atoms with van der Waals surface area (Å²) in [6, 6.07) is 11.7. The largest absolute Gasteiger partial charge is 0.379 e. The van der Waals surface area contributed by atoms with Crippen LogP contribution in [0.4, 0.5) is 11.6 Å². The number of carbonyl (C=O) groups excluding carboxylic acids is 1. The summed E-state index contributed by atoms with van der Waals surface area (Å²) in [4.78, 5) is 21.1. The van der Waals surface area contributed by atoms with Crippen molar-refractivity contribution in [3.05, 3.63) is 71.0 Å². The van der Waals surface area contributed by atoms with Crippen LogP contribution in [0.1, 0.15) is 27.3 Å². The van der Waals surface area contributed by atoms with E-state index < -0.39 is 26.0 Å². The third-order valence-electron chi connectivity index (χ3n) is 5.69. The van der Waals surface area contributed by atoms with Crippen LogP contribution in [0.25, 0.3) is 0 Å². The lowest BCUT2D eigenvalue weighted by molar-refractivity contribution is 0.0730. The van der Waals surface area contributed by atoms with Crippen molar-refractivity contribution in [2.75, 3.05) is 36.3 Å². The lowest BCUT2D eigenvalue weighted by atomic mass is 10.1. The van der Waals surface area contributed by atoms with Gasteiger partial charge in [-0.2, -0.15) is 4.31 Å². The molecule has 1 aliphatic heterocycles. The topological polar surface area (TPSA) is 148 Å². The fourth-order valence-corrected chi connectivity index (χ4v) is 6.19. The zero-order valence-electron chi connectivity index (χ0n) is 20.6. The quantitative estimate of drug-likeness (QED) is 0.460. The normalized spacial score (nSPS) is 14.8. The number of aryl methyl sites for hydroxylation is 3. The monoisotopic (exact) mass is 545 g/mol. The lowest BCUT2D eigenvalue weighted by Gasteiger charge is -2.26. The zero-order chi connectivity index (χ0) is 26.8. The summed E-state index contributed by atoms with van der Waals surface area (Å²) >= 11 is 0. The van der Waals surface area contributed by atoms with Crippen LogP contribution in [-0.2, 0) is 24.8 Å². The fourth-order valence-electron chi connectivity index (χ4n) is 3.81. The van der Waals surface area contributed by atoms with Gasteiger partial charge in [-0.1, -0.05) is 6.07 Å². The molecule has 2 N–H and O–H groups in total. The summed E-state index contributed by atoms with van der Waals surface area (Å²) in [6.45, 7) is 6.30. The Morgan fingerprint density at radius 3 is 2.08 bits per heavy atom. The highest BCUT2D eigenvalue weighted by molar-refractivity contribution is 7.92.